The molecule has 1 N–H and O–H groups in total. The SMILES string of the molecule is Cc1nc2c(OC(C)C)nc(=N)nc-2n(C)c1C. The van der Waals surface area contributed by atoms with Crippen molar-refractivity contribution in [2.75, 3.05) is 0 Å². The van der Waals surface area contributed by atoms with E-state index in [1.807, 2.05) is 39.3 Å². The molecule has 2 aliphatic rings. The summed E-state index contributed by atoms with van der Waals surface area (Å²) in [5.41, 5.74) is 2.46. The highest BCUT2D eigenvalue weighted by atomic mass is 16.5. The van der Waals surface area contributed by atoms with Crippen LogP contribution in [0.5, 0.6) is 5.88 Å². The summed E-state index contributed by atoms with van der Waals surface area (Å²) in [6.07, 6.45) is -0.0174. The lowest BCUT2D eigenvalue weighted by atomic mass is 10.2. The zero-order chi connectivity index (χ0) is 13.4. The van der Waals surface area contributed by atoms with Crippen molar-refractivity contribution in [3.8, 4) is 17.4 Å². The number of nitrogens with one attached hydrogen (secondary N) is 1. The molecule has 0 fully saturated rings. The summed E-state index contributed by atoms with van der Waals surface area (Å²) in [5.74, 6) is 0.993. The fourth-order valence-corrected chi connectivity index (χ4v) is 1.71. The van der Waals surface area contributed by atoms with E-state index >= 15 is 0 Å². The lowest BCUT2D eigenvalue weighted by Crippen LogP contribution is -2.22. The normalized spacial score (nSPS) is 11.2. The topological polar surface area (TPSA) is 76.7 Å². The third kappa shape index (κ3) is 2.05. The number of hydrogen-bond donors (Lipinski definition) is 1. The standard InChI is InChI=1S/C12H17N5O/c1-6(2)18-11-9-10(15-12(13)16-11)17(5)8(4)7(3)14-9/h6,13H,1-5H3. The van der Waals surface area contributed by atoms with E-state index in [4.69, 9.17) is 10.1 Å². The molecule has 6 nitrogen and oxygen atoms in total. The molecule has 2 aliphatic heterocycles. The van der Waals surface area contributed by atoms with Gasteiger partial charge in [0.05, 0.1) is 11.8 Å². The number of ether oxygens (including phenoxy) is 1. The minimum atomic E-state index is -0.0567. The van der Waals surface area contributed by atoms with Crippen LogP contribution in [0.25, 0.3) is 11.5 Å². The van der Waals surface area contributed by atoms with Gasteiger partial charge < -0.3 is 9.30 Å². The van der Waals surface area contributed by atoms with E-state index < -0.39 is 0 Å². The van der Waals surface area contributed by atoms with Crippen molar-refractivity contribution in [2.24, 2.45) is 7.05 Å². The Bertz CT molecular complexity index is 617. The molecule has 96 valence electrons. The molecule has 0 aromatic rings. The minimum absolute atomic E-state index is 0.0174. The quantitative estimate of drug-likeness (QED) is 0.865. The monoisotopic (exact) mass is 247 g/mol. The lowest BCUT2D eigenvalue weighted by molar-refractivity contribution is 0.231. The summed E-state index contributed by atoms with van der Waals surface area (Å²) in [7, 11) is 1.90. The molecule has 0 atom stereocenters. The van der Waals surface area contributed by atoms with Crippen LogP contribution < -0.4 is 10.4 Å². The van der Waals surface area contributed by atoms with Gasteiger partial charge in [0.25, 0.3) is 0 Å². The third-order valence-electron chi connectivity index (χ3n) is 2.80. The summed E-state index contributed by atoms with van der Waals surface area (Å²) in [6, 6.07) is 0. The van der Waals surface area contributed by atoms with Gasteiger partial charge in [0, 0.05) is 12.7 Å². The van der Waals surface area contributed by atoms with Crippen LogP contribution in [0.2, 0.25) is 0 Å². The molecule has 0 saturated carbocycles. The predicted octanol–water partition coefficient (Wildman–Crippen LogP) is 1.20. The summed E-state index contributed by atoms with van der Waals surface area (Å²) >= 11 is 0. The molecule has 0 unspecified atom stereocenters. The summed E-state index contributed by atoms with van der Waals surface area (Å²) in [6.45, 7) is 7.73. The summed E-state index contributed by atoms with van der Waals surface area (Å²) in [5, 5.41) is 7.64. The Hall–Kier alpha value is -1.98. The van der Waals surface area contributed by atoms with Crippen molar-refractivity contribution in [3.63, 3.8) is 0 Å². The molecule has 2 heterocycles. The van der Waals surface area contributed by atoms with Crippen molar-refractivity contribution in [1.82, 2.24) is 19.5 Å². The van der Waals surface area contributed by atoms with Crippen LogP contribution in [0.1, 0.15) is 25.2 Å². The second kappa shape index (κ2) is 4.36. The number of rotatable bonds is 2. The van der Waals surface area contributed by atoms with E-state index in [0.717, 1.165) is 11.4 Å². The van der Waals surface area contributed by atoms with Gasteiger partial charge in [-0.3, -0.25) is 5.41 Å². The predicted molar refractivity (Wildman–Crippen MR) is 66.5 cm³/mol. The van der Waals surface area contributed by atoms with Crippen LogP contribution in [0.15, 0.2) is 0 Å². The Morgan fingerprint density at radius 1 is 1.17 bits per heavy atom. The largest absolute Gasteiger partial charge is 0.473 e. The zero-order valence-electron chi connectivity index (χ0n) is 11.3. The first-order valence-electron chi connectivity index (χ1n) is 5.83. The van der Waals surface area contributed by atoms with E-state index in [1.54, 1.807) is 0 Å². The molecule has 0 aliphatic carbocycles. The van der Waals surface area contributed by atoms with Crippen molar-refractivity contribution >= 4 is 0 Å². The second-order valence-electron chi connectivity index (χ2n) is 4.53. The first-order chi connectivity index (χ1) is 8.40. The molecule has 0 spiro atoms. The maximum atomic E-state index is 7.64. The van der Waals surface area contributed by atoms with Gasteiger partial charge in [0.15, 0.2) is 11.5 Å². The van der Waals surface area contributed by atoms with E-state index in [-0.39, 0.29) is 11.7 Å². The molecule has 0 amide bonds. The molecule has 0 saturated heterocycles. The first-order valence-corrected chi connectivity index (χ1v) is 5.83. The number of aromatic nitrogens is 4. The van der Waals surface area contributed by atoms with Gasteiger partial charge in [-0.2, -0.15) is 9.97 Å². The highest BCUT2D eigenvalue weighted by Crippen LogP contribution is 2.26. The highest BCUT2D eigenvalue weighted by molar-refractivity contribution is 5.58. The zero-order valence-corrected chi connectivity index (χ0v) is 11.3. The van der Waals surface area contributed by atoms with Crippen LogP contribution in [0.3, 0.4) is 0 Å². The van der Waals surface area contributed by atoms with E-state index in [0.29, 0.717) is 17.4 Å². The molecule has 18 heavy (non-hydrogen) atoms. The summed E-state index contributed by atoms with van der Waals surface area (Å²) < 4.78 is 7.52. The smallest absolute Gasteiger partial charge is 0.247 e. The van der Waals surface area contributed by atoms with Gasteiger partial charge in [0.2, 0.25) is 11.5 Å². The molecule has 0 aromatic heterocycles. The number of fused-ring (bicyclic) bond motifs is 1. The van der Waals surface area contributed by atoms with E-state index in [2.05, 4.69) is 15.0 Å². The number of nitrogens with zero attached hydrogens (tertiary/aromatic N) is 4. The Kier molecular flexibility index (Phi) is 3.02. The number of hydrogen-bond acceptors (Lipinski definition) is 5. The van der Waals surface area contributed by atoms with Crippen LogP contribution in [-0.2, 0) is 7.05 Å². The molecule has 0 radical (unpaired) electrons. The molecule has 0 aromatic carbocycles. The van der Waals surface area contributed by atoms with Crippen LogP contribution >= 0.6 is 0 Å². The Balaban J connectivity index is 2.77. The van der Waals surface area contributed by atoms with Crippen molar-refractivity contribution < 1.29 is 4.74 Å². The third-order valence-corrected chi connectivity index (χ3v) is 2.80. The fraction of sp³-hybridized carbons (Fsp3) is 0.500. The van der Waals surface area contributed by atoms with Crippen molar-refractivity contribution in [3.05, 3.63) is 17.0 Å². The minimum Gasteiger partial charge on any atom is -0.473 e. The maximum absolute atomic E-state index is 7.64. The van der Waals surface area contributed by atoms with Gasteiger partial charge in [-0.1, -0.05) is 0 Å². The van der Waals surface area contributed by atoms with Gasteiger partial charge in [-0.25, -0.2) is 4.98 Å². The Morgan fingerprint density at radius 2 is 1.83 bits per heavy atom. The van der Waals surface area contributed by atoms with E-state index in [9.17, 15) is 0 Å². The molecule has 6 heteroatoms. The number of aryl methyl sites for hydroxylation is 1. The Morgan fingerprint density at radius 3 is 2.44 bits per heavy atom. The van der Waals surface area contributed by atoms with Crippen LogP contribution in [-0.4, -0.2) is 25.6 Å². The van der Waals surface area contributed by atoms with Gasteiger partial charge >= 0.3 is 0 Å². The fourth-order valence-electron chi connectivity index (χ4n) is 1.71. The van der Waals surface area contributed by atoms with Crippen LogP contribution in [0, 0.1) is 19.3 Å². The lowest BCUT2D eigenvalue weighted by Gasteiger charge is -2.18. The van der Waals surface area contributed by atoms with E-state index in [1.165, 1.54) is 0 Å². The molecule has 0 bridgehead atoms. The van der Waals surface area contributed by atoms with Crippen molar-refractivity contribution in [1.29, 1.82) is 5.41 Å². The second-order valence-corrected chi connectivity index (χ2v) is 4.53. The molecule has 2 rings (SSSR count). The van der Waals surface area contributed by atoms with Crippen LogP contribution in [0.4, 0.5) is 0 Å². The maximum Gasteiger partial charge on any atom is 0.247 e. The average molecular weight is 247 g/mol. The van der Waals surface area contributed by atoms with Gasteiger partial charge in [-0.05, 0) is 27.7 Å². The van der Waals surface area contributed by atoms with Gasteiger partial charge in [0.1, 0.15) is 0 Å². The Labute approximate surface area is 106 Å². The van der Waals surface area contributed by atoms with Crippen molar-refractivity contribution in [2.45, 2.75) is 33.8 Å². The molecular formula is C12H17N5O. The molecular weight excluding hydrogens is 230 g/mol. The summed E-state index contributed by atoms with van der Waals surface area (Å²) in [4.78, 5) is 12.6. The van der Waals surface area contributed by atoms with Gasteiger partial charge in [-0.15, -0.1) is 0 Å². The first kappa shape index (κ1) is 12.5. The average Bonchev–Trinajstić information content (AvgIpc) is 2.27. The highest BCUT2D eigenvalue weighted by Gasteiger charge is 2.19.